The number of ether oxygens (including phenoxy) is 1. The van der Waals surface area contributed by atoms with Crippen molar-refractivity contribution in [2.45, 2.75) is 46.1 Å². The lowest BCUT2D eigenvalue weighted by atomic mass is 9.98. The molecule has 0 saturated heterocycles. The Balaban J connectivity index is 3.61. The summed E-state index contributed by atoms with van der Waals surface area (Å²) in [6.07, 6.45) is 3.81. The lowest BCUT2D eigenvalue weighted by molar-refractivity contribution is 0.160. The zero-order valence-electron chi connectivity index (χ0n) is 12.5. The molecule has 2 unspecified atom stereocenters. The van der Waals surface area contributed by atoms with Crippen LogP contribution in [0.3, 0.4) is 0 Å². The molecule has 0 fully saturated rings. The summed E-state index contributed by atoms with van der Waals surface area (Å²) in [6.45, 7) is 10.9. The molecule has 0 aromatic carbocycles. The van der Waals surface area contributed by atoms with Gasteiger partial charge in [-0.25, -0.2) is 0 Å². The first-order chi connectivity index (χ1) is 8.13. The number of likely N-dealkylation sites (N-methyl/N-ethyl adjacent to an activating group) is 1. The average Bonchev–Trinajstić information content (AvgIpc) is 2.34. The number of rotatable bonds is 11. The number of methoxy groups -OCH3 is 1. The fourth-order valence-electron chi connectivity index (χ4n) is 1.87. The van der Waals surface area contributed by atoms with E-state index in [1.54, 1.807) is 7.11 Å². The van der Waals surface area contributed by atoms with Crippen molar-refractivity contribution in [3.8, 4) is 0 Å². The van der Waals surface area contributed by atoms with Crippen molar-refractivity contribution in [3.63, 3.8) is 0 Å². The van der Waals surface area contributed by atoms with Gasteiger partial charge >= 0.3 is 0 Å². The molecule has 104 valence electrons. The highest BCUT2D eigenvalue weighted by molar-refractivity contribution is 4.68. The fraction of sp³-hybridized carbons (Fsp3) is 1.00. The van der Waals surface area contributed by atoms with Crippen molar-refractivity contribution >= 4 is 0 Å². The smallest absolute Gasteiger partial charge is 0.0589 e. The minimum atomic E-state index is 0.681. The molecular formula is C14H32N2O. The lowest BCUT2D eigenvalue weighted by Crippen LogP contribution is -2.37. The predicted molar refractivity (Wildman–Crippen MR) is 75.5 cm³/mol. The fourth-order valence-corrected chi connectivity index (χ4v) is 1.87. The number of hydrogen-bond acceptors (Lipinski definition) is 3. The van der Waals surface area contributed by atoms with E-state index in [9.17, 15) is 0 Å². The molecule has 0 heterocycles. The molecule has 2 atom stereocenters. The van der Waals surface area contributed by atoms with Crippen molar-refractivity contribution in [2.24, 2.45) is 5.92 Å². The number of nitrogens with one attached hydrogen (secondary N) is 1. The minimum Gasteiger partial charge on any atom is -0.383 e. The van der Waals surface area contributed by atoms with Gasteiger partial charge in [-0.1, -0.05) is 27.2 Å². The topological polar surface area (TPSA) is 24.5 Å². The van der Waals surface area contributed by atoms with Gasteiger partial charge in [0.05, 0.1) is 6.61 Å². The van der Waals surface area contributed by atoms with Crippen molar-refractivity contribution < 1.29 is 4.74 Å². The molecule has 1 N–H and O–H groups in total. The molecular weight excluding hydrogens is 212 g/mol. The van der Waals surface area contributed by atoms with Crippen molar-refractivity contribution in [2.75, 3.05) is 40.4 Å². The van der Waals surface area contributed by atoms with Gasteiger partial charge < -0.3 is 15.0 Å². The Morgan fingerprint density at radius 2 is 1.88 bits per heavy atom. The van der Waals surface area contributed by atoms with E-state index in [2.05, 4.69) is 38.0 Å². The maximum atomic E-state index is 5.07. The van der Waals surface area contributed by atoms with Crippen LogP contribution in [0.25, 0.3) is 0 Å². The Morgan fingerprint density at radius 1 is 1.18 bits per heavy atom. The average molecular weight is 244 g/mol. The molecule has 0 radical (unpaired) electrons. The molecule has 17 heavy (non-hydrogen) atoms. The lowest BCUT2D eigenvalue weighted by Gasteiger charge is -2.22. The Morgan fingerprint density at radius 3 is 2.41 bits per heavy atom. The van der Waals surface area contributed by atoms with Crippen LogP contribution >= 0.6 is 0 Å². The van der Waals surface area contributed by atoms with Crippen molar-refractivity contribution in [1.29, 1.82) is 0 Å². The van der Waals surface area contributed by atoms with Gasteiger partial charge in [-0.15, -0.1) is 0 Å². The van der Waals surface area contributed by atoms with E-state index in [4.69, 9.17) is 4.74 Å². The van der Waals surface area contributed by atoms with Gasteiger partial charge in [0.15, 0.2) is 0 Å². The van der Waals surface area contributed by atoms with Gasteiger partial charge in [0, 0.05) is 32.8 Å². The van der Waals surface area contributed by atoms with Crippen LogP contribution in [0.5, 0.6) is 0 Å². The molecule has 0 saturated carbocycles. The second-order valence-electron chi connectivity index (χ2n) is 5.10. The van der Waals surface area contributed by atoms with Gasteiger partial charge in [0.1, 0.15) is 0 Å². The first kappa shape index (κ1) is 16.9. The van der Waals surface area contributed by atoms with Gasteiger partial charge in [-0.05, 0) is 25.8 Å². The van der Waals surface area contributed by atoms with E-state index in [0.717, 1.165) is 32.2 Å². The summed E-state index contributed by atoms with van der Waals surface area (Å²) in [5, 5.41) is 3.66. The molecule has 0 spiro atoms. The Hall–Kier alpha value is -0.120. The van der Waals surface area contributed by atoms with Crippen LogP contribution in [0, 0.1) is 5.92 Å². The van der Waals surface area contributed by atoms with Gasteiger partial charge in [0.2, 0.25) is 0 Å². The SMILES string of the molecule is CCC(C)CC(CC)NCCN(C)CCOC. The van der Waals surface area contributed by atoms with Crippen molar-refractivity contribution in [1.82, 2.24) is 10.2 Å². The Bertz CT molecular complexity index is 164. The van der Waals surface area contributed by atoms with Gasteiger partial charge in [-0.2, -0.15) is 0 Å². The third-order valence-corrected chi connectivity index (χ3v) is 3.48. The van der Waals surface area contributed by atoms with Crippen LogP contribution in [-0.2, 0) is 4.74 Å². The zero-order chi connectivity index (χ0) is 13.1. The largest absolute Gasteiger partial charge is 0.383 e. The highest BCUT2D eigenvalue weighted by Gasteiger charge is 2.09. The molecule has 0 aliphatic heterocycles. The third kappa shape index (κ3) is 9.57. The van der Waals surface area contributed by atoms with Crippen LogP contribution in [0.15, 0.2) is 0 Å². The maximum Gasteiger partial charge on any atom is 0.0589 e. The second kappa shape index (κ2) is 11.0. The molecule has 0 aliphatic carbocycles. The molecule has 0 amide bonds. The zero-order valence-corrected chi connectivity index (χ0v) is 12.5. The van der Waals surface area contributed by atoms with Crippen molar-refractivity contribution in [3.05, 3.63) is 0 Å². The standard InChI is InChI=1S/C14H32N2O/c1-6-13(3)12-14(7-2)15-8-9-16(4)10-11-17-5/h13-15H,6-12H2,1-5H3. The summed E-state index contributed by atoms with van der Waals surface area (Å²) in [6, 6.07) is 0.681. The van der Waals surface area contributed by atoms with Gasteiger partial charge in [-0.3, -0.25) is 0 Å². The summed E-state index contributed by atoms with van der Waals surface area (Å²) in [4.78, 5) is 2.31. The van der Waals surface area contributed by atoms with Crippen LogP contribution in [-0.4, -0.2) is 51.3 Å². The first-order valence-electron chi connectivity index (χ1n) is 7.04. The van der Waals surface area contributed by atoms with Crippen LogP contribution in [0.4, 0.5) is 0 Å². The summed E-state index contributed by atoms with van der Waals surface area (Å²) >= 11 is 0. The molecule has 3 nitrogen and oxygen atoms in total. The number of hydrogen-bond donors (Lipinski definition) is 1. The molecule has 0 aromatic rings. The van der Waals surface area contributed by atoms with E-state index in [-0.39, 0.29) is 0 Å². The maximum absolute atomic E-state index is 5.07. The monoisotopic (exact) mass is 244 g/mol. The van der Waals surface area contributed by atoms with Gasteiger partial charge in [0.25, 0.3) is 0 Å². The van der Waals surface area contributed by atoms with Crippen LogP contribution < -0.4 is 5.32 Å². The molecule has 0 bridgehead atoms. The minimum absolute atomic E-state index is 0.681. The van der Waals surface area contributed by atoms with E-state index in [1.165, 1.54) is 19.3 Å². The van der Waals surface area contributed by atoms with Crippen LogP contribution in [0.1, 0.15) is 40.0 Å². The molecule has 0 aromatic heterocycles. The van der Waals surface area contributed by atoms with Crippen LogP contribution in [0.2, 0.25) is 0 Å². The summed E-state index contributed by atoms with van der Waals surface area (Å²) < 4.78 is 5.07. The normalized spacial score (nSPS) is 15.2. The summed E-state index contributed by atoms with van der Waals surface area (Å²) in [7, 11) is 3.90. The molecule has 0 rings (SSSR count). The second-order valence-corrected chi connectivity index (χ2v) is 5.10. The quantitative estimate of drug-likeness (QED) is 0.604. The Kier molecular flexibility index (Phi) is 10.9. The van der Waals surface area contributed by atoms with E-state index in [0.29, 0.717) is 6.04 Å². The summed E-state index contributed by atoms with van der Waals surface area (Å²) in [5.74, 6) is 0.832. The molecule has 3 heteroatoms. The summed E-state index contributed by atoms with van der Waals surface area (Å²) in [5.41, 5.74) is 0. The first-order valence-corrected chi connectivity index (χ1v) is 7.04. The van der Waals surface area contributed by atoms with E-state index in [1.807, 2.05) is 0 Å². The molecule has 0 aliphatic rings. The highest BCUT2D eigenvalue weighted by Crippen LogP contribution is 2.11. The third-order valence-electron chi connectivity index (χ3n) is 3.48. The predicted octanol–water partition coefficient (Wildman–Crippen LogP) is 2.37. The van der Waals surface area contributed by atoms with E-state index < -0.39 is 0 Å². The van der Waals surface area contributed by atoms with E-state index >= 15 is 0 Å². The Labute approximate surface area is 108 Å². The highest BCUT2D eigenvalue weighted by atomic mass is 16.5. The number of nitrogens with zero attached hydrogens (tertiary/aromatic N) is 1.